The van der Waals surface area contributed by atoms with E-state index in [4.69, 9.17) is 11.1 Å². The van der Waals surface area contributed by atoms with Crippen LogP contribution in [-0.2, 0) is 0 Å². The number of likely N-dealkylation sites (N-methyl/N-ethyl adjacent to an activating group) is 2. The van der Waals surface area contributed by atoms with Gasteiger partial charge in [0.25, 0.3) is 0 Å². The molecule has 1 aliphatic heterocycles. The smallest absolute Gasteiger partial charge is 0.140 e. The van der Waals surface area contributed by atoms with Crippen LogP contribution in [0.4, 0.5) is 11.6 Å². The molecule has 7 nitrogen and oxygen atoms in total. The minimum absolute atomic E-state index is 0.362. The second-order valence-electron chi connectivity index (χ2n) is 7.59. The van der Waals surface area contributed by atoms with Crippen molar-refractivity contribution in [3.05, 3.63) is 24.0 Å². The lowest BCUT2D eigenvalue weighted by Gasteiger charge is -2.33. The van der Waals surface area contributed by atoms with Crippen molar-refractivity contribution < 1.29 is 0 Å². The van der Waals surface area contributed by atoms with Gasteiger partial charge in [-0.3, -0.25) is 4.90 Å². The van der Waals surface area contributed by atoms with Crippen molar-refractivity contribution in [2.24, 2.45) is 0 Å². The van der Waals surface area contributed by atoms with Crippen LogP contribution in [0, 0.1) is 5.41 Å². The molecule has 2 heterocycles. The summed E-state index contributed by atoms with van der Waals surface area (Å²) in [5, 5.41) is 11.1. The number of nitrogens with zero attached hydrogens (tertiary/aromatic N) is 4. The predicted octanol–water partition coefficient (Wildman–Crippen LogP) is 3.64. The Morgan fingerprint density at radius 2 is 2.03 bits per heavy atom. The summed E-state index contributed by atoms with van der Waals surface area (Å²) in [6.07, 6.45) is 11.1. The molecular weight excluding hydrogens is 362 g/mol. The van der Waals surface area contributed by atoms with Crippen molar-refractivity contribution in [3.63, 3.8) is 0 Å². The highest BCUT2D eigenvalue weighted by Crippen LogP contribution is 2.23. The van der Waals surface area contributed by atoms with E-state index in [9.17, 15) is 0 Å². The Bertz CT molecular complexity index is 640. The Morgan fingerprint density at radius 3 is 2.52 bits per heavy atom. The van der Waals surface area contributed by atoms with Gasteiger partial charge in [0.2, 0.25) is 0 Å². The quantitative estimate of drug-likeness (QED) is 0.496. The Labute approximate surface area is 177 Å². The largest absolute Gasteiger partial charge is 0.383 e. The van der Waals surface area contributed by atoms with Crippen LogP contribution in [0.3, 0.4) is 0 Å². The summed E-state index contributed by atoms with van der Waals surface area (Å²) in [6, 6.07) is 1.25. The van der Waals surface area contributed by atoms with Crippen molar-refractivity contribution in [2.45, 2.75) is 65.5 Å². The number of nitrogens with one attached hydrogen (secondary N) is 2. The molecule has 2 fully saturated rings. The molecule has 0 aromatic carbocycles. The van der Waals surface area contributed by atoms with Gasteiger partial charge < -0.3 is 21.4 Å². The molecule has 0 radical (unpaired) electrons. The lowest BCUT2D eigenvalue weighted by atomic mass is 9.92. The third-order valence-electron chi connectivity index (χ3n) is 5.31. The number of hydrogen-bond donors (Lipinski definition) is 3. The first-order valence-electron chi connectivity index (χ1n) is 10.8. The van der Waals surface area contributed by atoms with Gasteiger partial charge in [-0.15, -0.1) is 0 Å². The van der Waals surface area contributed by atoms with E-state index >= 15 is 0 Å². The van der Waals surface area contributed by atoms with Gasteiger partial charge in [0.1, 0.15) is 18.0 Å². The molecule has 0 bridgehead atoms. The number of aromatic nitrogens is 2. The average Bonchev–Trinajstić information content (AvgIpc) is 3.05. The second-order valence-corrected chi connectivity index (χ2v) is 7.59. The number of nitrogens with two attached hydrogens (primary N) is 1. The number of anilines is 2. The molecule has 29 heavy (non-hydrogen) atoms. The number of allylic oxidation sites excluding steroid dienone is 1. The molecule has 1 saturated carbocycles. The first-order valence-corrected chi connectivity index (χ1v) is 10.8. The molecule has 7 heteroatoms. The van der Waals surface area contributed by atoms with Crippen LogP contribution >= 0.6 is 0 Å². The van der Waals surface area contributed by atoms with E-state index in [0.29, 0.717) is 29.0 Å². The van der Waals surface area contributed by atoms with Crippen LogP contribution in [0.15, 0.2) is 18.5 Å². The van der Waals surface area contributed by atoms with E-state index < -0.39 is 0 Å². The lowest BCUT2D eigenvalue weighted by Crippen LogP contribution is -2.37. The number of hydrogen-bond acceptors (Lipinski definition) is 7. The first-order chi connectivity index (χ1) is 13.9. The molecule has 1 aliphatic carbocycles. The Balaban J connectivity index is 0.000000299. The van der Waals surface area contributed by atoms with Gasteiger partial charge in [0.05, 0.1) is 5.56 Å². The highest BCUT2D eigenvalue weighted by Gasteiger charge is 2.22. The van der Waals surface area contributed by atoms with Gasteiger partial charge in [0, 0.05) is 30.9 Å². The molecule has 1 unspecified atom stereocenters. The van der Waals surface area contributed by atoms with Gasteiger partial charge in [0.15, 0.2) is 0 Å². The molecule has 164 valence electrons. The second kappa shape index (κ2) is 13.3. The summed E-state index contributed by atoms with van der Waals surface area (Å²) in [7, 11) is 4.31. The number of likely N-dealkylation sites (tertiary alicyclic amines) is 1. The van der Waals surface area contributed by atoms with Crippen LogP contribution in [-0.4, -0.2) is 71.3 Å². The number of rotatable bonds is 6. The van der Waals surface area contributed by atoms with Crippen LogP contribution in [0.25, 0.3) is 0 Å². The molecule has 1 aromatic rings. The minimum atomic E-state index is 0.362. The zero-order valence-electron chi connectivity index (χ0n) is 19.2. The maximum atomic E-state index is 7.72. The normalized spacial score (nSPS) is 19.2. The summed E-state index contributed by atoms with van der Waals surface area (Å²) < 4.78 is 0. The summed E-state index contributed by atoms with van der Waals surface area (Å²) in [5.41, 5.74) is 6.78. The Morgan fingerprint density at radius 1 is 1.34 bits per heavy atom. The minimum Gasteiger partial charge on any atom is -0.383 e. The monoisotopic (exact) mass is 403 g/mol. The molecule has 1 atom stereocenters. The van der Waals surface area contributed by atoms with Gasteiger partial charge in [-0.25, -0.2) is 9.97 Å². The van der Waals surface area contributed by atoms with Gasteiger partial charge >= 0.3 is 0 Å². The van der Waals surface area contributed by atoms with Gasteiger partial charge in [-0.2, -0.15) is 0 Å². The van der Waals surface area contributed by atoms with E-state index in [1.54, 1.807) is 6.92 Å². The summed E-state index contributed by atoms with van der Waals surface area (Å²) in [6.45, 7) is 11.0. The van der Waals surface area contributed by atoms with Gasteiger partial charge in [-0.05, 0) is 53.8 Å². The third kappa shape index (κ3) is 8.11. The van der Waals surface area contributed by atoms with Crippen LogP contribution in [0.1, 0.15) is 58.9 Å². The van der Waals surface area contributed by atoms with Crippen molar-refractivity contribution >= 4 is 17.3 Å². The van der Waals surface area contributed by atoms with Crippen molar-refractivity contribution in [1.29, 1.82) is 5.41 Å². The fourth-order valence-corrected chi connectivity index (χ4v) is 3.37. The van der Waals surface area contributed by atoms with Crippen molar-refractivity contribution in [1.82, 2.24) is 19.8 Å². The molecule has 4 N–H and O–H groups in total. The summed E-state index contributed by atoms with van der Waals surface area (Å²) in [5.74, 6) is 1.03. The van der Waals surface area contributed by atoms with E-state index in [-0.39, 0.29) is 0 Å². The molecule has 0 amide bonds. The lowest BCUT2D eigenvalue weighted by molar-refractivity contribution is 0.175. The SMILES string of the molecule is C/C=C/CN(C)C1CCC1.CC.CC(=N)c1c(N)ncnc1NC1CCN(C)C1. The average molecular weight is 404 g/mol. The molecule has 3 rings (SSSR count). The van der Waals surface area contributed by atoms with Crippen LogP contribution in [0.5, 0.6) is 0 Å². The molecular formula is C22H41N7. The molecule has 2 aliphatic rings. The van der Waals surface area contributed by atoms with E-state index in [1.165, 1.54) is 25.6 Å². The van der Waals surface area contributed by atoms with E-state index in [1.807, 2.05) is 13.8 Å². The third-order valence-corrected chi connectivity index (χ3v) is 5.31. The Kier molecular flexibility index (Phi) is 11.5. The van der Waals surface area contributed by atoms with Crippen molar-refractivity contribution in [3.8, 4) is 0 Å². The Hall–Kier alpha value is -1.99. The fourth-order valence-electron chi connectivity index (χ4n) is 3.37. The maximum absolute atomic E-state index is 7.72. The first kappa shape index (κ1) is 25.0. The van der Waals surface area contributed by atoms with Crippen molar-refractivity contribution in [2.75, 3.05) is 44.8 Å². The fraction of sp³-hybridized carbons (Fsp3) is 0.682. The molecule has 1 aromatic heterocycles. The summed E-state index contributed by atoms with van der Waals surface area (Å²) >= 11 is 0. The highest BCUT2D eigenvalue weighted by atomic mass is 15.2. The maximum Gasteiger partial charge on any atom is 0.140 e. The number of nitrogen functional groups attached to an aromatic ring is 1. The molecule has 1 saturated heterocycles. The van der Waals surface area contributed by atoms with Crippen LogP contribution in [0.2, 0.25) is 0 Å². The zero-order valence-corrected chi connectivity index (χ0v) is 19.2. The molecule has 0 spiro atoms. The topological polar surface area (TPSA) is 94.2 Å². The van der Waals surface area contributed by atoms with E-state index in [2.05, 4.69) is 58.3 Å². The van der Waals surface area contributed by atoms with E-state index in [0.717, 1.165) is 32.1 Å². The van der Waals surface area contributed by atoms with Gasteiger partial charge in [-0.1, -0.05) is 32.4 Å². The summed E-state index contributed by atoms with van der Waals surface area (Å²) in [4.78, 5) is 12.8. The highest BCUT2D eigenvalue weighted by molar-refractivity contribution is 6.04. The standard InChI is InChI=1S/C11H18N6.C9H17N.C2H6/c1-7(12)9-10(13)14-6-15-11(9)16-8-3-4-17(2)5-8;1-3-4-8-10(2)9-6-5-7-9;1-2/h6,8,12H,3-5H2,1-2H3,(H3,13,14,15,16);3-4,9H,5-8H2,1-2H3;1-2H3/b;4-3+;. The predicted molar refractivity (Wildman–Crippen MR) is 125 cm³/mol. The van der Waals surface area contributed by atoms with Crippen LogP contribution < -0.4 is 11.1 Å². The zero-order chi connectivity index (χ0) is 21.8.